The Balaban J connectivity index is 1.69. The molecule has 1 saturated carbocycles. The number of aliphatic hydroxyl groups is 1. The summed E-state index contributed by atoms with van der Waals surface area (Å²) in [6.45, 7) is 15.2. The van der Waals surface area contributed by atoms with Crippen molar-refractivity contribution in [3.8, 4) is 0 Å². The van der Waals surface area contributed by atoms with Crippen molar-refractivity contribution in [1.29, 1.82) is 0 Å². The van der Waals surface area contributed by atoms with Gasteiger partial charge in [0.25, 0.3) is 11.5 Å². The number of hydrogen-bond acceptors (Lipinski definition) is 6. The van der Waals surface area contributed by atoms with Crippen LogP contribution in [-0.4, -0.2) is 69.5 Å². The maximum Gasteiger partial charge on any atom is 0.331 e. The molecule has 1 aliphatic heterocycles. The van der Waals surface area contributed by atoms with E-state index < -0.39 is 25.8 Å². The minimum atomic E-state index is -1.27. The van der Waals surface area contributed by atoms with Crippen LogP contribution in [0.3, 0.4) is 0 Å². The SMILES string of the molecule is CCCCn1c(C)c(CO)c(=O)n(C2CCC(CN3C(=O)N(COCC[Si](C)(C)C)C(=O)C3(C)C)CC2)c1=O. The number of amides is 3. The molecular weight excluding hydrogens is 516 g/mol. The number of rotatable bonds is 12. The fraction of sp³-hybridized carbons (Fsp3) is 0.786. The first kappa shape index (κ1) is 31.3. The lowest BCUT2D eigenvalue weighted by Gasteiger charge is -2.35. The molecule has 1 saturated heterocycles. The van der Waals surface area contributed by atoms with E-state index in [2.05, 4.69) is 19.6 Å². The molecule has 1 N–H and O–H groups in total. The molecule has 39 heavy (non-hydrogen) atoms. The zero-order chi connectivity index (χ0) is 29.1. The van der Waals surface area contributed by atoms with E-state index in [0.29, 0.717) is 38.2 Å². The zero-order valence-electron chi connectivity index (χ0n) is 24.9. The summed E-state index contributed by atoms with van der Waals surface area (Å²) in [7, 11) is -1.27. The van der Waals surface area contributed by atoms with Gasteiger partial charge in [-0.2, -0.15) is 0 Å². The minimum Gasteiger partial charge on any atom is -0.391 e. The number of aliphatic hydroxyl groups excluding tert-OH is 1. The number of urea groups is 1. The number of aromatic nitrogens is 2. The zero-order valence-corrected chi connectivity index (χ0v) is 25.9. The summed E-state index contributed by atoms with van der Waals surface area (Å²) in [5.74, 6) is -0.0876. The normalized spacial score (nSPS) is 21.7. The summed E-state index contributed by atoms with van der Waals surface area (Å²) >= 11 is 0. The summed E-state index contributed by atoms with van der Waals surface area (Å²) < 4.78 is 8.69. The number of carbonyl (C=O) groups is 2. The van der Waals surface area contributed by atoms with Crippen molar-refractivity contribution < 1.29 is 19.4 Å². The second-order valence-electron chi connectivity index (χ2n) is 12.9. The third-order valence-electron chi connectivity index (χ3n) is 8.39. The lowest BCUT2D eigenvalue weighted by atomic mass is 9.85. The van der Waals surface area contributed by atoms with E-state index in [0.717, 1.165) is 31.7 Å². The predicted molar refractivity (Wildman–Crippen MR) is 154 cm³/mol. The van der Waals surface area contributed by atoms with Crippen LogP contribution < -0.4 is 11.2 Å². The molecule has 0 spiro atoms. The third kappa shape index (κ3) is 6.74. The first-order chi connectivity index (χ1) is 18.2. The fourth-order valence-electron chi connectivity index (χ4n) is 5.62. The maximum atomic E-state index is 13.3. The summed E-state index contributed by atoms with van der Waals surface area (Å²) in [4.78, 5) is 55.7. The molecule has 3 amide bonds. The highest BCUT2D eigenvalue weighted by Gasteiger charge is 2.51. The van der Waals surface area contributed by atoms with E-state index in [4.69, 9.17) is 4.74 Å². The molecule has 220 valence electrons. The molecule has 11 heteroatoms. The van der Waals surface area contributed by atoms with Gasteiger partial charge in [-0.05, 0) is 64.8 Å². The smallest absolute Gasteiger partial charge is 0.331 e. The van der Waals surface area contributed by atoms with Crippen molar-refractivity contribution in [3.63, 3.8) is 0 Å². The Morgan fingerprint density at radius 3 is 2.26 bits per heavy atom. The Morgan fingerprint density at radius 2 is 1.69 bits per heavy atom. The Bertz CT molecular complexity index is 1160. The topological polar surface area (TPSA) is 114 Å². The van der Waals surface area contributed by atoms with Crippen LogP contribution in [0, 0.1) is 12.8 Å². The highest BCUT2D eigenvalue weighted by molar-refractivity contribution is 6.76. The maximum absolute atomic E-state index is 13.3. The van der Waals surface area contributed by atoms with Gasteiger partial charge in [-0.15, -0.1) is 0 Å². The molecule has 2 fully saturated rings. The van der Waals surface area contributed by atoms with Crippen molar-refractivity contribution in [2.45, 2.75) is 117 Å². The van der Waals surface area contributed by atoms with Crippen LogP contribution >= 0.6 is 0 Å². The quantitative estimate of drug-likeness (QED) is 0.235. The number of ether oxygens (including phenoxy) is 1. The van der Waals surface area contributed by atoms with Crippen molar-refractivity contribution in [2.24, 2.45) is 5.92 Å². The van der Waals surface area contributed by atoms with Crippen LogP contribution in [0.15, 0.2) is 9.59 Å². The van der Waals surface area contributed by atoms with Crippen LogP contribution in [-0.2, 0) is 22.7 Å². The van der Waals surface area contributed by atoms with Crippen molar-refractivity contribution in [1.82, 2.24) is 18.9 Å². The van der Waals surface area contributed by atoms with Gasteiger partial charge in [0.2, 0.25) is 0 Å². The average Bonchev–Trinajstić information content (AvgIpc) is 3.01. The van der Waals surface area contributed by atoms with E-state index in [9.17, 15) is 24.3 Å². The number of imide groups is 1. The molecule has 0 atom stereocenters. The monoisotopic (exact) mass is 564 g/mol. The molecule has 1 aromatic rings. The number of unbranched alkanes of at least 4 members (excludes halogenated alkanes) is 1. The first-order valence-corrected chi connectivity index (χ1v) is 18.1. The molecule has 0 radical (unpaired) electrons. The standard InChI is InChI=1S/C28H48N4O6Si/c1-8-9-14-29-20(2)23(18-33)24(34)32(27(29)37)22-12-10-21(11-13-22)17-31-26(36)30(25(35)28(31,3)4)19-38-15-16-39(5,6)7/h21-22,33H,8-19H2,1-7H3. The van der Waals surface area contributed by atoms with E-state index >= 15 is 0 Å². The number of carbonyl (C=O) groups excluding carboxylic acids is 2. The molecule has 0 bridgehead atoms. The minimum absolute atomic E-state index is 0.0251. The average molecular weight is 565 g/mol. The third-order valence-corrected chi connectivity index (χ3v) is 10.1. The van der Waals surface area contributed by atoms with Crippen LogP contribution in [0.25, 0.3) is 0 Å². The van der Waals surface area contributed by atoms with Gasteiger partial charge in [-0.25, -0.2) is 14.5 Å². The van der Waals surface area contributed by atoms with Crippen LogP contribution in [0.2, 0.25) is 25.7 Å². The molecule has 2 aliphatic rings. The predicted octanol–water partition coefficient (Wildman–Crippen LogP) is 3.70. The molecule has 2 heterocycles. The highest BCUT2D eigenvalue weighted by Crippen LogP contribution is 2.35. The molecule has 10 nitrogen and oxygen atoms in total. The summed E-state index contributed by atoms with van der Waals surface area (Å²) in [5.41, 5.74) is -0.838. The van der Waals surface area contributed by atoms with Gasteiger partial charge in [-0.3, -0.25) is 18.7 Å². The molecule has 0 aromatic carbocycles. The van der Waals surface area contributed by atoms with Gasteiger partial charge >= 0.3 is 11.7 Å². The summed E-state index contributed by atoms with van der Waals surface area (Å²) in [6, 6.07) is 0.397. The van der Waals surface area contributed by atoms with Gasteiger partial charge in [0.15, 0.2) is 0 Å². The van der Waals surface area contributed by atoms with E-state index in [1.54, 1.807) is 30.2 Å². The number of hydrogen-bond donors (Lipinski definition) is 1. The Labute approximate surface area is 232 Å². The van der Waals surface area contributed by atoms with Crippen molar-refractivity contribution >= 4 is 20.0 Å². The molecular formula is C28H48N4O6Si. The lowest BCUT2D eigenvalue weighted by molar-refractivity contribution is -0.135. The Hall–Kier alpha value is -2.24. The van der Waals surface area contributed by atoms with Gasteiger partial charge < -0.3 is 14.7 Å². The van der Waals surface area contributed by atoms with E-state index in [-0.39, 0.29) is 41.9 Å². The molecule has 3 rings (SSSR count). The van der Waals surface area contributed by atoms with E-state index in [1.807, 2.05) is 6.92 Å². The first-order valence-electron chi connectivity index (χ1n) is 14.4. The van der Waals surface area contributed by atoms with E-state index in [1.165, 1.54) is 9.47 Å². The summed E-state index contributed by atoms with van der Waals surface area (Å²) in [6.07, 6.45) is 4.45. The van der Waals surface area contributed by atoms with Crippen molar-refractivity contribution in [3.05, 3.63) is 32.1 Å². The van der Waals surface area contributed by atoms with Gasteiger partial charge in [-0.1, -0.05) is 33.0 Å². The summed E-state index contributed by atoms with van der Waals surface area (Å²) in [5, 5.41) is 9.88. The second kappa shape index (κ2) is 12.5. The lowest BCUT2D eigenvalue weighted by Crippen LogP contribution is -2.48. The fourth-order valence-corrected chi connectivity index (χ4v) is 6.38. The molecule has 0 unspecified atom stereocenters. The van der Waals surface area contributed by atoms with Gasteiger partial charge in [0.1, 0.15) is 12.3 Å². The Morgan fingerprint density at radius 1 is 1.05 bits per heavy atom. The largest absolute Gasteiger partial charge is 0.391 e. The number of nitrogens with zero attached hydrogens (tertiary/aromatic N) is 4. The van der Waals surface area contributed by atoms with Crippen LogP contribution in [0.4, 0.5) is 4.79 Å². The van der Waals surface area contributed by atoms with Crippen LogP contribution in [0.1, 0.15) is 76.6 Å². The molecule has 1 aromatic heterocycles. The van der Waals surface area contributed by atoms with Gasteiger partial charge in [0.05, 0.1) is 12.2 Å². The second-order valence-corrected chi connectivity index (χ2v) is 18.5. The highest BCUT2D eigenvalue weighted by atomic mass is 28.3. The van der Waals surface area contributed by atoms with Gasteiger partial charge in [0, 0.05) is 39.5 Å². The molecule has 1 aliphatic carbocycles. The van der Waals surface area contributed by atoms with Crippen molar-refractivity contribution in [2.75, 3.05) is 19.9 Å². The Kier molecular flexibility index (Phi) is 10.0. The van der Waals surface area contributed by atoms with Crippen LogP contribution in [0.5, 0.6) is 0 Å².